The molecule has 0 N–H and O–H groups in total. The monoisotopic (exact) mass is 774 g/mol. The highest BCUT2D eigenvalue weighted by atomic mass is 15.1. The van der Waals surface area contributed by atoms with Crippen LogP contribution in [0.3, 0.4) is 0 Å². The van der Waals surface area contributed by atoms with Crippen molar-refractivity contribution in [3.8, 4) is 33.4 Å². The smallest absolute Gasteiger partial charge is 0.0493 e. The Morgan fingerprint density at radius 1 is 0.567 bits per heavy atom. The second-order valence-electron chi connectivity index (χ2n) is 14.9. The Labute approximate surface area is 356 Å². The minimum atomic E-state index is 0.369. The lowest BCUT2D eigenvalue weighted by atomic mass is 9.91. The lowest BCUT2D eigenvalue weighted by Gasteiger charge is -2.29. The van der Waals surface area contributed by atoms with Crippen molar-refractivity contribution in [2.45, 2.75) is 19.3 Å². The van der Waals surface area contributed by atoms with Crippen LogP contribution in [0.1, 0.15) is 24.8 Å². The first-order valence-corrected chi connectivity index (χ1v) is 20.8. The van der Waals surface area contributed by atoms with Crippen molar-refractivity contribution in [1.82, 2.24) is 0 Å². The highest BCUT2D eigenvalue weighted by molar-refractivity contribution is 5.84. The molecule has 2 nitrogen and oxygen atoms in total. The molecule has 0 fully saturated rings. The molecule has 0 saturated heterocycles. The maximum atomic E-state index is 3.86. The molecule has 0 saturated carbocycles. The van der Waals surface area contributed by atoms with E-state index in [0.29, 0.717) is 12.5 Å². The van der Waals surface area contributed by atoms with E-state index in [9.17, 15) is 0 Å². The van der Waals surface area contributed by atoms with Gasteiger partial charge in [-0.25, -0.2) is 0 Å². The first-order chi connectivity index (χ1) is 29.7. The predicted molar refractivity (Wildman–Crippen MR) is 258 cm³/mol. The molecule has 0 radical (unpaired) electrons. The molecule has 1 aliphatic rings. The van der Waals surface area contributed by atoms with Gasteiger partial charge in [0.05, 0.1) is 0 Å². The minimum absolute atomic E-state index is 0.369. The van der Waals surface area contributed by atoms with Crippen LogP contribution in [-0.4, -0.2) is 6.54 Å². The zero-order valence-electron chi connectivity index (χ0n) is 34.2. The predicted octanol–water partition coefficient (Wildman–Crippen LogP) is 15.8. The molecule has 7 aromatic carbocycles. The number of para-hydroxylation sites is 2. The van der Waals surface area contributed by atoms with Crippen LogP contribution in [0.15, 0.2) is 261 Å². The largest absolute Gasteiger partial charge is 0.337 e. The zero-order chi connectivity index (χ0) is 40.9. The summed E-state index contributed by atoms with van der Waals surface area (Å²) in [5.41, 5.74) is 15.3. The average Bonchev–Trinajstić information content (AvgIpc) is 3.33. The number of rotatable bonds is 14. The summed E-state index contributed by atoms with van der Waals surface area (Å²) in [5, 5.41) is 0. The third-order valence-electron chi connectivity index (χ3n) is 11.0. The van der Waals surface area contributed by atoms with Crippen molar-refractivity contribution >= 4 is 22.7 Å². The number of hydrogen-bond donors (Lipinski definition) is 0. The Bertz CT molecular complexity index is 2630. The first-order valence-electron chi connectivity index (χ1n) is 20.8. The minimum Gasteiger partial charge on any atom is -0.337 e. The van der Waals surface area contributed by atoms with Crippen LogP contribution in [-0.2, 0) is 0 Å². The van der Waals surface area contributed by atoms with Gasteiger partial charge in [0, 0.05) is 46.5 Å². The maximum Gasteiger partial charge on any atom is 0.0493 e. The molecule has 0 spiro atoms. The molecular formula is C58H50N2. The summed E-state index contributed by atoms with van der Waals surface area (Å²) in [6, 6.07) is 67.6. The fraction of sp³-hybridized carbons (Fsp3) is 0.0690. The van der Waals surface area contributed by atoms with Gasteiger partial charge >= 0.3 is 0 Å². The van der Waals surface area contributed by atoms with Crippen molar-refractivity contribution < 1.29 is 0 Å². The highest BCUT2D eigenvalue weighted by Crippen LogP contribution is 2.39. The van der Waals surface area contributed by atoms with Crippen LogP contribution in [0, 0.1) is 0 Å². The molecule has 7 aromatic rings. The second-order valence-corrected chi connectivity index (χ2v) is 14.9. The third-order valence-corrected chi connectivity index (χ3v) is 11.0. The third kappa shape index (κ3) is 9.31. The molecule has 1 unspecified atom stereocenters. The number of anilines is 4. The quantitative estimate of drug-likeness (QED) is 0.102. The van der Waals surface area contributed by atoms with Gasteiger partial charge in [-0.1, -0.05) is 201 Å². The summed E-state index contributed by atoms with van der Waals surface area (Å²) < 4.78 is 0. The van der Waals surface area contributed by atoms with Crippen LogP contribution in [0.5, 0.6) is 0 Å². The first kappa shape index (κ1) is 39.4. The molecule has 292 valence electrons. The van der Waals surface area contributed by atoms with Crippen LogP contribution in [0.2, 0.25) is 0 Å². The lowest BCUT2D eigenvalue weighted by Crippen LogP contribution is -2.18. The lowest BCUT2D eigenvalue weighted by molar-refractivity contribution is 0.840. The van der Waals surface area contributed by atoms with E-state index >= 15 is 0 Å². The van der Waals surface area contributed by atoms with Gasteiger partial charge in [0.15, 0.2) is 0 Å². The fourth-order valence-corrected chi connectivity index (χ4v) is 7.91. The molecule has 1 atom stereocenters. The van der Waals surface area contributed by atoms with E-state index in [-0.39, 0.29) is 0 Å². The van der Waals surface area contributed by atoms with Crippen molar-refractivity contribution in [3.63, 3.8) is 0 Å². The van der Waals surface area contributed by atoms with Crippen molar-refractivity contribution in [3.05, 3.63) is 266 Å². The Balaban J connectivity index is 1.07. The number of hydrogen-bond acceptors (Lipinski definition) is 2. The normalized spacial score (nSPS) is 14.0. The molecule has 1 aliphatic carbocycles. The summed E-state index contributed by atoms with van der Waals surface area (Å²) in [5.74, 6) is 0.369. The summed E-state index contributed by atoms with van der Waals surface area (Å²) in [7, 11) is 0. The molecule has 0 heterocycles. The molecular weight excluding hydrogens is 725 g/mol. The Kier molecular flexibility index (Phi) is 12.7. The van der Waals surface area contributed by atoms with Gasteiger partial charge in [0.25, 0.3) is 0 Å². The Morgan fingerprint density at radius 3 is 1.68 bits per heavy atom. The van der Waals surface area contributed by atoms with Crippen molar-refractivity contribution in [1.29, 1.82) is 0 Å². The van der Waals surface area contributed by atoms with E-state index in [1.807, 2.05) is 19.1 Å². The van der Waals surface area contributed by atoms with Crippen LogP contribution >= 0.6 is 0 Å². The topological polar surface area (TPSA) is 6.48 Å². The molecule has 8 rings (SSSR count). The second kappa shape index (κ2) is 19.4. The summed E-state index contributed by atoms with van der Waals surface area (Å²) >= 11 is 0. The standard InChI is InChI=1S/C58H50N2/c1-3-5-18-45(17-4-2)43-44-59(53-23-13-8-14-24-53)58-26-16-15-25-57(58)52-29-27-48(28-30-52)51-35-41-56(42-36-51)60(54-37-31-49(32-38-54)46-19-9-6-10-20-46)55-39-33-50(34-40-55)47-21-11-7-12-22-47/h3-33,35-43,50H,1,34,44H2,2H3/b17-4-,18-5-,45-43+. The van der Waals surface area contributed by atoms with E-state index < -0.39 is 0 Å². The number of benzene rings is 7. The molecule has 0 aliphatic heterocycles. The molecule has 0 bridgehead atoms. The molecule has 60 heavy (non-hydrogen) atoms. The van der Waals surface area contributed by atoms with Crippen molar-refractivity contribution in [2.24, 2.45) is 0 Å². The van der Waals surface area contributed by atoms with Crippen molar-refractivity contribution in [2.75, 3.05) is 16.3 Å². The van der Waals surface area contributed by atoms with Gasteiger partial charge in [-0.05, 0) is 101 Å². The number of nitrogens with zero attached hydrogens (tertiary/aromatic N) is 2. The zero-order valence-corrected chi connectivity index (χ0v) is 34.2. The Hall–Kier alpha value is -7.42. The fourth-order valence-electron chi connectivity index (χ4n) is 7.91. The maximum absolute atomic E-state index is 3.86. The average molecular weight is 775 g/mol. The van der Waals surface area contributed by atoms with Gasteiger partial charge in [0.2, 0.25) is 0 Å². The van der Waals surface area contributed by atoms with Crippen LogP contribution in [0.4, 0.5) is 22.7 Å². The number of allylic oxidation sites excluding steroid dienone is 9. The molecule has 0 aromatic heterocycles. The van der Waals surface area contributed by atoms with E-state index in [4.69, 9.17) is 0 Å². The molecule has 0 amide bonds. The highest BCUT2D eigenvalue weighted by Gasteiger charge is 2.19. The van der Waals surface area contributed by atoms with Crippen LogP contribution in [0.25, 0.3) is 33.4 Å². The summed E-state index contributed by atoms with van der Waals surface area (Å²) in [4.78, 5) is 4.76. The van der Waals surface area contributed by atoms with E-state index in [0.717, 1.165) is 34.7 Å². The SMILES string of the molecule is C=C\C=C/C(/C=C\C)=C/CN(c1ccccc1)c1ccccc1-c1ccc(-c2ccc(N(C3=CCC(c4ccccc4)C=C3)c3ccc(-c4ccccc4)cc3)cc2)cc1. The van der Waals surface area contributed by atoms with E-state index in [1.165, 1.54) is 44.6 Å². The molecule has 2 heteroatoms. The van der Waals surface area contributed by atoms with E-state index in [1.54, 1.807) is 0 Å². The summed E-state index contributed by atoms with van der Waals surface area (Å²) in [6.07, 6.45) is 20.3. The van der Waals surface area contributed by atoms with Crippen LogP contribution < -0.4 is 9.80 Å². The van der Waals surface area contributed by atoms with Gasteiger partial charge in [-0.15, -0.1) is 0 Å². The Morgan fingerprint density at radius 2 is 1.10 bits per heavy atom. The van der Waals surface area contributed by atoms with Gasteiger partial charge < -0.3 is 9.80 Å². The van der Waals surface area contributed by atoms with E-state index in [2.05, 4.69) is 247 Å². The summed E-state index contributed by atoms with van der Waals surface area (Å²) in [6.45, 7) is 6.62. The van der Waals surface area contributed by atoms with Gasteiger partial charge in [0.1, 0.15) is 0 Å². The van der Waals surface area contributed by atoms with Gasteiger partial charge in [-0.3, -0.25) is 0 Å². The van der Waals surface area contributed by atoms with Gasteiger partial charge in [-0.2, -0.15) is 0 Å².